The molecule has 1 aromatic rings. The Kier molecular flexibility index (Phi) is 3.63. The first-order chi connectivity index (χ1) is 8.47. The van der Waals surface area contributed by atoms with E-state index in [1.807, 2.05) is 38.1 Å². The van der Waals surface area contributed by atoms with Crippen LogP contribution >= 0.6 is 23.8 Å². The second kappa shape index (κ2) is 5.04. The summed E-state index contributed by atoms with van der Waals surface area (Å²) in [4.78, 5) is 4.18. The summed E-state index contributed by atoms with van der Waals surface area (Å²) in [6, 6.07) is 7.41. The fourth-order valence-corrected chi connectivity index (χ4v) is 1.95. The summed E-state index contributed by atoms with van der Waals surface area (Å²) < 4.78 is 0. The predicted octanol–water partition coefficient (Wildman–Crippen LogP) is 2.33. The van der Waals surface area contributed by atoms with E-state index in [-0.39, 0.29) is 5.54 Å². The zero-order valence-corrected chi connectivity index (χ0v) is 11.6. The zero-order valence-electron chi connectivity index (χ0n) is 10.1. The molecule has 1 aliphatic rings. The maximum atomic E-state index is 5.80. The van der Waals surface area contributed by atoms with Crippen molar-refractivity contribution in [3.05, 3.63) is 34.9 Å². The van der Waals surface area contributed by atoms with Crippen LogP contribution in [0.4, 0.5) is 0 Å². The van der Waals surface area contributed by atoms with Gasteiger partial charge >= 0.3 is 0 Å². The summed E-state index contributed by atoms with van der Waals surface area (Å²) in [5.74, 6) is 0.706. The third kappa shape index (κ3) is 3.05. The highest BCUT2D eigenvalue weighted by Crippen LogP contribution is 2.11. The lowest BCUT2D eigenvalue weighted by molar-refractivity contribution is 0.618. The fourth-order valence-electron chi connectivity index (χ4n) is 1.48. The number of rotatable bonds is 2. The van der Waals surface area contributed by atoms with E-state index in [9.17, 15) is 0 Å². The minimum atomic E-state index is -0.311. The molecule has 0 radical (unpaired) electrons. The third-order valence-electron chi connectivity index (χ3n) is 2.48. The Bertz CT molecular complexity index is 519. The molecule has 1 heterocycles. The molecule has 0 fully saturated rings. The Morgan fingerprint density at radius 3 is 2.61 bits per heavy atom. The van der Waals surface area contributed by atoms with Crippen molar-refractivity contribution in [2.24, 2.45) is 10.1 Å². The van der Waals surface area contributed by atoms with Crippen LogP contribution in [0.5, 0.6) is 0 Å². The summed E-state index contributed by atoms with van der Waals surface area (Å²) in [7, 11) is 0. The second-order valence-electron chi connectivity index (χ2n) is 4.44. The number of benzene rings is 1. The summed E-state index contributed by atoms with van der Waals surface area (Å²) >= 11 is 10.8. The number of hydrogen-bond acceptors (Lipinski definition) is 3. The SMILES string of the molecule is CC1(C)NC(=S)N=C1N/N=C/c1ccc(Cl)cc1. The van der Waals surface area contributed by atoms with E-state index in [1.165, 1.54) is 0 Å². The second-order valence-corrected chi connectivity index (χ2v) is 5.26. The quantitative estimate of drug-likeness (QED) is 0.497. The van der Waals surface area contributed by atoms with Gasteiger partial charge in [0.25, 0.3) is 0 Å². The highest BCUT2D eigenvalue weighted by Gasteiger charge is 2.31. The van der Waals surface area contributed by atoms with Crippen LogP contribution in [-0.2, 0) is 0 Å². The number of nitrogens with zero attached hydrogens (tertiary/aromatic N) is 2. The van der Waals surface area contributed by atoms with Crippen molar-refractivity contribution in [1.29, 1.82) is 0 Å². The smallest absolute Gasteiger partial charge is 0.195 e. The molecule has 1 aliphatic heterocycles. The first-order valence-electron chi connectivity index (χ1n) is 5.43. The van der Waals surface area contributed by atoms with Gasteiger partial charge < -0.3 is 5.32 Å². The van der Waals surface area contributed by atoms with Crippen LogP contribution in [0.2, 0.25) is 5.02 Å². The van der Waals surface area contributed by atoms with Crippen LogP contribution in [0.25, 0.3) is 0 Å². The van der Waals surface area contributed by atoms with Gasteiger partial charge in [0, 0.05) is 5.02 Å². The number of aliphatic imine (C=N–C) groups is 1. The fraction of sp³-hybridized carbons (Fsp3) is 0.250. The van der Waals surface area contributed by atoms with E-state index >= 15 is 0 Å². The van der Waals surface area contributed by atoms with E-state index in [4.69, 9.17) is 23.8 Å². The van der Waals surface area contributed by atoms with Gasteiger partial charge in [0.05, 0.1) is 11.8 Å². The van der Waals surface area contributed by atoms with Crippen molar-refractivity contribution in [1.82, 2.24) is 10.7 Å². The first-order valence-corrected chi connectivity index (χ1v) is 6.22. The maximum absolute atomic E-state index is 5.80. The van der Waals surface area contributed by atoms with Gasteiger partial charge in [-0.1, -0.05) is 23.7 Å². The monoisotopic (exact) mass is 280 g/mol. The summed E-state index contributed by atoms with van der Waals surface area (Å²) in [6.45, 7) is 3.96. The molecule has 2 rings (SSSR count). The number of halogens is 1. The van der Waals surface area contributed by atoms with Crippen LogP contribution in [0, 0.1) is 0 Å². The van der Waals surface area contributed by atoms with E-state index in [0.717, 1.165) is 5.56 Å². The van der Waals surface area contributed by atoms with Gasteiger partial charge in [0.15, 0.2) is 10.9 Å². The molecular formula is C12H13ClN4S. The molecule has 4 nitrogen and oxygen atoms in total. The lowest BCUT2D eigenvalue weighted by Crippen LogP contribution is -2.46. The highest BCUT2D eigenvalue weighted by atomic mass is 35.5. The van der Waals surface area contributed by atoms with Crippen LogP contribution in [0.1, 0.15) is 19.4 Å². The number of nitrogens with one attached hydrogen (secondary N) is 2. The van der Waals surface area contributed by atoms with Crippen LogP contribution < -0.4 is 10.7 Å². The molecule has 18 heavy (non-hydrogen) atoms. The lowest BCUT2D eigenvalue weighted by atomic mass is 10.1. The first kappa shape index (κ1) is 13.0. The molecule has 0 bridgehead atoms. The molecule has 0 saturated heterocycles. The Morgan fingerprint density at radius 2 is 2.06 bits per heavy atom. The van der Waals surface area contributed by atoms with Crippen LogP contribution in [-0.4, -0.2) is 22.7 Å². The number of hydrazone groups is 1. The van der Waals surface area contributed by atoms with E-state index < -0.39 is 0 Å². The Hall–Kier alpha value is -1.46. The summed E-state index contributed by atoms with van der Waals surface area (Å²) in [5, 5.41) is 8.39. The lowest BCUT2D eigenvalue weighted by Gasteiger charge is -2.19. The van der Waals surface area contributed by atoms with E-state index in [2.05, 4.69) is 20.8 Å². The van der Waals surface area contributed by atoms with Crippen LogP contribution in [0.3, 0.4) is 0 Å². The minimum absolute atomic E-state index is 0.311. The van der Waals surface area contributed by atoms with Gasteiger partial charge in [-0.05, 0) is 43.8 Å². The average Bonchev–Trinajstić information content (AvgIpc) is 2.55. The standard InChI is InChI=1S/C12H13ClN4S/c1-12(2)10(15-11(18)16-12)17-14-7-8-3-5-9(13)6-4-8/h3-7H,1-2H3,(H2,15,16,17,18)/b14-7+. The van der Waals surface area contributed by atoms with Crippen molar-refractivity contribution in [2.45, 2.75) is 19.4 Å². The molecule has 0 unspecified atom stereocenters. The molecular weight excluding hydrogens is 268 g/mol. The highest BCUT2D eigenvalue weighted by molar-refractivity contribution is 7.80. The molecule has 0 amide bonds. The predicted molar refractivity (Wildman–Crippen MR) is 79.4 cm³/mol. The minimum Gasteiger partial charge on any atom is -0.349 e. The normalized spacial score (nSPS) is 17.7. The molecule has 2 N–H and O–H groups in total. The number of hydrogen-bond donors (Lipinski definition) is 2. The summed E-state index contributed by atoms with van der Waals surface area (Å²) in [5.41, 5.74) is 3.55. The van der Waals surface area contributed by atoms with Crippen molar-refractivity contribution in [2.75, 3.05) is 0 Å². The molecule has 0 aliphatic carbocycles. The van der Waals surface area contributed by atoms with Gasteiger partial charge in [-0.3, -0.25) is 5.43 Å². The van der Waals surface area contributed by atoms with E-state index in [0.29, 0.717) is 16.0 Å². The molecule has 0 atom stereocenters. The zero-order chi connectivity index (χ0) is 13.2. The summed E-state index contributed by atoms with van der Waals surface area (Å²) in [6.07, 6.45) is 1.70. The van der Waals surface area contributed by atoms with Crippen molar-refractivity contribution < 1.29 is 0 Å². The van der Waals surface area contributed by atoms with Gasteiger partial charge in [0.1, 0.15) is 0 Å². The maximum Gasteiger partial charge on any atom is 0.195 e. The Balaban J connectivity index is 2.02. The molecule has 0 spiro atoms. The Morgan fingerprint density at radius 1 is 1.39 bits per heavy atom. The van der Waals surface area contributed by atoms with Crippen LogP contribution in [0.15, 0.2) is 34.4 Å². The van der Waals surface area contributed by atoms with Gasteiger partial charge in [-0.15, -0.1) is 0 Å². The third-order valence-corrected chi connectivity index (χ3v) is 2.92. The molecule has 1 aromatic carbocycles. The van der Waals surface area contributed by atoms with Gasteiger partial charge in [-0.25, -0.2) is 4.99 Å². The van der Waals surface area contributed by atoms with Gasteiger partial charge in [-0.2, -0.15) is 5.10 Å². The number of thiocarbonyl (C=S) groups is 1. The largest absolute Gasteiger partial charge is 0.349 e. The van der Waals surface area contributed by atoms with Crippen molar-refractivity contribution in [3.63, 3.8) is 0 Å². The van der Waals surface area contributed by atoms with Crippen molar-refractivity contribution >= 4 is 41.0 Å². The molecule has 0 saturated carbocycles. The van der Waals surface area contributed by atoms with Gasteiger partial charge in [0.2, 0.25) is 0 Å². The molecule has 6 heteroatoms. The van der Waals surface area contributed by atoms with E-state index in [1.54, 1.807) is 6.21 Å². The number of amidine groups is 1. The molecule has 94 valence electrons. The van der Waals surface area contributed by atoms with Crippen molar-refractivity contribution in [3.8, 4) is 0 Å². The topological polar surface area (TPSA) is 48.8 Å². The Labute approximate surface area is 116 Å². The average molecular weight is 281 g/mol. The molecule has 0 aromatic heterocycles.